The summed E-state index contributed by atoms with van der Waals surface area (Å²) in [5.41, 5.74) is 1.04. The van der Waals surface area contributed by atoms with Gasteiger partial charge in [-0.1, -0.05) is 23.8 Å². The van der Waals surface area contributed by atoms with E-state index in [2.05, 4.69) is 28.4 Å². The van der Waals surface area contributed by atoms with E-state index in [0.717, 1.165) is 31.0 Å². The molecule has 0 atom stereocenters. The van der Waals surface area contributed by atoms with E-state index in [-0.39, 0.29) is 0 Å². The van der Waals surface area contributed by atoms with Crippen LogP contribution < -0.4 is 10.2 Å². The van der Waals surface area contributed by atoms with Crippen molar-refractivity contribution in [3.05, 3.63) is 48.2 Å². The molecular weight excluding hydrogens is 234 g/mol. The highest BCUT2D eigenvalue weighted by Gasteiger charge is 2.08. The van der Waals surface area contributed by atoms with Gasteiger partial charge in [-0.05, 0) is 18.7 Å². The maximum Gasteiger partial charge on any atom is 0.129 e. The van der Waals surface area contributed by atoms with Gasteiger partial charge in [0.25, 0.3) is 0 Å². The molecule has 0 radical (unpaired) electrons. The summed E-state index contributed by atoms with van der Waals surface area (Å²) in [6.45, 7) is 9.68. The summed E-state index contributed by atoms with van der Waals surface area (Å²) in [4.78, 5) is 6.41. The Morgan fingerprint density at radius 2 is 2.06 bits per heavy atom. The first-order chi connectivity index (χ1) is 8.22. The van der Waals surface area contributed by atoms with Crippen LogP contribution in [0.5, 0.6) is 0 Å². The summed E-state index contributed by atoms with van der Waals surface area (Å²) >= 11 is 6.07. The first kappa shape index (κ1) is 13.7. The Kier molecular flexibility index (Phi) is 5.73. The number of halogens is 1. The number of nitrogens with zero attached hydrogens (tertiary/aromatic N) is 2. The maximum absolute atomic E-state index is 6.07. The molecule has 0 unspecified atom stereocenters. The number of nitrogens with one attached hydrogen (secondary N) is 1. The first-order valence-electron chi connectivity index (χ1n) is 5.48. The van der Waals surface area contributed by atoms with E-state index < -0.39 is 0 Å². The Morgan fingerprint density at radius 3 is 2.59 bits per heavy atom. The van der Waals surface area contributed by atoms with Crippen molar-refractivity contribution in [2.75, 3.05) is 25.0 Å². The van der Waals surface area contributed by atoms with Crippen molar-refractivity contribution in [1.82, 2.24) is 10.3 Å². The third-order valence-electron chi connectivity index (χ3n) is 2.31. The zero-order valence-corrected chi connectivity index (χ0v) is 10.9. The van der Waals surface area contributed by atoms with Gasteiger partial charge in [0.1, 0.15) is 5.82 Å². The van der Waals surface area contributed by atoms with Crippen molar-refractivity contribution in [1.29, 1.82) is 0 Å². The molecule has 0 spiro atoms. The average molecular weight is 252 g/mol. The lowest BCUT2D eigenvalue weighted by atomic mass is 10.2. The second-order valence-electron chi connectivity index (χ2n) is 3.65. The molecule has 1 rings (SSSR count). The Balaban J connectivity index is 2.97. The van der Waals surface area contributed by atoms with Crippen LogP contribution in [-0.4, -0.2) is 25.1 Å². The van der Waals surface area contributed by atoms with Crippen LogP contribution in [0, 0.1) is 0 Å². The number of hydrogen-bond acceptors (Lipinski definition) is 3. The van der Waals surface area contributed by atoms with E-state index in [0.29, 0.717) is 5.02 Å². The van der Waals surface area contributed by atoms with E-state index in [1.807, 2.05) is 25.3 Å². The molecule has 0 aromatic carbocycles. The molecule has 3 nitrogen and oxygen atoms in total. The van der Waals surface area contributed by atoms with Crippen LogP contribution >= 0.6 is 11.6 Å². The van der Waals surface area contributed by atoms with Gasteiger partial charge in [-0.25, -0.2) is 4.98 Å². The Labute approximate surface area is 108 Å². The molecule has 1 N–H and O–H groups in total. The van der Waals surface area contributed by atoms with Crippen molar-refractivity contribution in [3.63, 3.8) is 0 Å². The van der Waals surface area contributed by atoms with Crippen molar-refractivity contribution in [2.45, 2.75) is 6.54 Å². The molecular formula is C13H18ClN3. The highest BCUT2D eigenvalue weighted by atomic mass is 35.5. The Hall–Kier alpha value is -1.32. The highest BCUT2D eigenvalue weighted by molar-refractivity contribution is 6.31. The third kappa shape index (κ3) is 3.88. The van der Waals surface area contributed by atoms with E-state index in [4.69, 9.17) is 11.6 Å². The second-order valence-corrected chi connectivity index (χ2v) is 4.05. The third-order valence-corrected chi connectivity index (χ3v) is 2.65. The lowest BCUT2D eigenvalue weighted by molar-refractivity contribution is 0.813. The molecule has 1 aromatic rings. The average Bonchev–Trinajstić information content (AvgIpc) is 2.32. The van der Waals surface area contributed by atoms with Crippen LogP contribution in [0.15, 0.2) is 37.6 Å². The van der Waals surface area contributed by atoms with Crippen LogP contribution in [0.2, 0.25) is 5.02 Å². The topological polar surface area (TPSA) is 28.2 Å². The smallest absolute Gasteiger partial charge is 0.129 e. The minimum absolute atomic E-state index is 0.681. The zero-order chi connectivity index (χ0) is 12.7. The molecule has 0 saturated carbocycles. The number of pyridine rings is 1. The van der Waals surface area contributed by atoms with Gasteiger partial charge >= 0.3 is 0 Å². The summed E-state index contributed by atoms with van der Waals surface area (Å²) in [7, 11) is 1.89. The molecule has 0 aliphatic rings. The zero-order valence-electron chi connectivity index (χ0n) is 10.1. The number of rotatable bonds is 7. The first-order valence-corrected chi connectivity index (χ1v) is 5.86. The molecule has 0 bridgehead atoms. The van der Waals surface area contributed by atoms with Crippen molar-refractivity contribution in [2.24, 2.45) is 0 Å². The van der Waals surface area contributed by atoms with Gasteiger partial charge in [-0.3, -0.25) is 0 Å². The number of anilines is 1. The van der Waals surface area contributed by atoms with Crippen LogP contribution in [0.3, 0.4) is 0 Å². The van der Waals surface area contributed by atoms with E-state index >= 15 is 0 Å². The highest BCUT2D eigenvalue weighted by Crippen LogP contribution is 2.20. The predicted molar refractivity (Wildman–Crippen MR) is 74.6 cm³/mol. The molecule has 1 heterocycles. The lowest BCUT2D eigenvalue weighted by Gasteiger charge is -2.21. The van der Waals surface area contributed by atoms with Crippen LogP contribution in [0.4, 0.5) is 5.82 Å². The van der Waals surface area contributed by atoms with Crippen LogP contribution in [-0.2, 0) is 6.54 Å². The Morgan fingerprint density at radius 1 is 1.41 bits per heavy atom. The van der Waals surface area contributed by atoms with E-state index in [1.165, 1.54) is 0 Å². The lowest BCUT2D eigenvalue weighted by Crippen LogP contribution is -2.24. The van der Waals surface area contributed by atoms with Crippen LogP contribution in [0.1, 0.15) is 5.56 Å². The summed E-state index contributed by atoms with van der Waals surface area (Å²) in [6.07, 6.45) is 5.37. The maximum atomic E-state index is 6.07. The monoisotopic (exact) mass is 251 g/mol. The van der Waals surface area contributed by atoms with Gasteiger partial charge < -0.3 is 10.2 Å². The van der Waals surface area contributed by atoms with Crippen molar-refractivity contribution < 1.29 is 0 Å². The largest absolute Gasteiger partial charge is 0.349 e. The molecule has 0 saturated heterocycles. The quantitative estimate of drug-likeness (QED) is 0.756. The number of hydrogen-bond donors (Lipinski definition) is 1. The molecule has 4 heteroatoms. The summed E-state index contributed by atoms with van der Waals surface area (Å²) in [6, 6.07) is 1.99. The van der Waals surface area contributed by atoms with Crippen LogP contribution in [0.25, 0.3) is 0 Å². The fraction of sp³-hybridized carbons (Fsp3) is 0.308. The SMILES string of the molecule is C=CCN(CC=C)c1cc(CNC)c(Cl)cn1. The van der Waals surface area contributed by atoms with Gasteiger partial charge in [0, 0.05) is 25.8 Å². The molecule has 0 aliphatic heterocycles. The van der Waals surface area contributed by atoms with Crippen molar-refractivity contribution >= 4 is 17.4 Å². The second kappa shape index (κ2) is 7.09. The molecule has 0 aliphatic carbocycles. The van der Waals surface area contributed by atoms with Gasteiger partial charge in [-0.2, -0.15) is 0 Å². The Bertz CT molecular complexity index is 380. The summed E-state index contributed by atoms with van der Waals surface area (Å²) in [5, 5.41) is 3.76. The summed E-state index contributed by atoms with van der Waals surface area (Å²) < 4.78 is 0. The fourth-order valence-corrected chi connectivity index (χ4v) is 1.71. The molecule has 1 aromatic heterocycles. The fourth-order valence-electron chi connectivity index (χ4n) is 1.54. The van der Waals surface area contributed by atoms with E-state index in [1.54, 1.807) is 6.20 Å². The normalized spacial score (nSPS) is 10.0. The minimum atomic E-state index is 0.681. The van der Waals surface area contributed by atoms with Gasteiger partial charge in [0.15, 0.2) is 0 Å². The molecule has 0 fully saturated rings. The van der Waals surface area contributed by atoms with Gasteiger partial charge in [0.2, 0.25) is 0 Å². The summed E-state index contributed by atoms with van der Waals surface area (Å²) in [5.74, 6) is 0.888. The molecule has 0 amide bonds. The van der Waals surface area contributed by atoms with E-state index in [9.17, 15) is 0 Å². The predicted octanol–water partition coefficient (Wildman–Crippen LogP) is 2.63. The van der Waals surface area contributed by atoms with Gasteiger partial charge in [0.05, 0.1) is 5.02 Å². The molecule has 17 heavy (non-hydrogen) atoms. The number of aromatic nitrogens is 1. The minimum Gasteiger partial charge on any atom is -0.349 e. The van der Waals surface area contributed by atoms with Crippen molar-refractivity contribution in [3.8, 4) is 0 Å². The standard InChI is InChI=1S/C13H18ClN3/c1-4-6-17(7-5-2)13-8-11(9-15-3)12(14)10-16-13/h4-5,8,10,15H,1-2,6-7,9H2,3H3. The van der Waals surface area contributed by atoms with Gasteiger partial charge in [-0.15, -0.1) is 13.2 Å². The molecule has 92 valence electrons.